The second kappa shape index (κ2) is 7.25. The molecule has 0 aliphatic carbocycles. The smallest absolute Gasteiger partial charge is 0.293 e. The number of carbonyl (C=O) groups is 1. The lowest BCUT2D eigenvalue weighted by molar-refractivity contribution is -0.128. The molecule has 88 valence electrons. The fourth-order valence-corrected chi connectivity index (χ4v) is 1.67. The summed E-state index contributed by atoms with van der Waals surface area (Å²) in [5.74, 6) is 0. The van der Waals surface area contributed by atoms with Gasteiger partial charge in [-0.25, -0.2) is 4.42 Å². The minimum absolute atomic E-state index is 0.152. The van der Waals surface area contributed by atoms with Gasteiger partial charge >= 0.3 is 0 Å². The van der Waals surface area contributed by atoms with Crippen LogP contribution in [0.15, 0.2) is 30.3 Å². The lowest BCUT2D eigenvalue weighted by atomic mass is 10.1. The van der Waals surface area contributed by atoms with Gasteiger partial charge in [-0.3, -0.25) is 4.79 Å². The van der Waals surface area contributed by atoms with Gasteiger partial charge in [-0.2, -0.15) is 0 Å². The van der Waals surface area contributed by atoms with Crippen LogP contribution in [0.25, 0.3) is 0 Å². The van der Waals surface area contributed by atoms with Crippen LogP contribution in [0.3, 0.4) is 0 Å². The van der Waals surface area contributed by atoms with Crippen LogP contribution in [0.1, 0.15) is 24.9 Å². The molecule has 0 spiro atoms. The summed E-state index contributed by atoms with van der Waals surface area (Å²) in [4.78, 5) is 9.94. The van der Waals surface area contributed by atoms with Crippen LogP contribution >= 0.6 is 11.8 Å². The van der Waals surface area contributed by atoms with Crippen molar-refractivity contribution in [1.29, 1.82) is 0 Å². The van der Waals surface area contributed by atoms with Crippen LogP contribution in [0.5, 0.6) is 0 Å². The van der Waals surface area contributed by atoms with E-state index in [4.69, 9.17) is 11.8 Å². The zero-order chi connectivity index (χ0) is 11.8. The van der Waals surface area contributed by atoms with E-state index in [1.54, 1.807) is 4.42 Å². The van der Waals surface area contributed by atoms with Gasteiger partial charge in [0.2, 0.25) is 0 Å². The SMILES string of the molecule is CC(c1ccccc1)N(Cl)CCCOC=O. The lowest BCUT2D eigenvalue weighted by Crippen LogP contribution is -2.19. The molecule has 1 aromatic rings. The van der Waals surface area contributed by atoms with E-state index < -0.39 is 0 Å². The highest BCUT2D eigenvalue weighted by Crippen LogP contribution is 2.21. The van der Waals surface area contributed by atoms with E-state index in [0.717, 1.165) is 6.42 Å². The van der Waals surface area contributed by atoms with Crippen LogP contribution in [0.4, 0.5) is 0 Å². The predicted molar refractivity (Wildman–Crippen MR) is 64.0 cm³/mol. The molecular weight excluding hydrogens is 226 g/mol. The molecule has 0 saturated heterocycles. The molecule has 4 heteroatoms. The third-order valence-corrected chi connectivity index (χ3v) is 2.87. The van der Waals surface area contributed by atoms with Gasteiger partial charge < -0.3 is 4.74 Å². The molecule has 0 amide bonds. The molecule has 0 aliphatic rings. The van der Waals surface area contributed by atoms with Gasteiger partial charge in [-0.1, -0.05) is 30.3 Å². The minimum Gasteiger partial charge on any atom is -0.468 e. The maximum absolute atomic E-state index is 9.94. The quantitative estimate of drug-likeness (QED) is 0.418. The maximum Gasteiger partial charge on any atom is 0.293 e. The van der Waals surface area contributed by atoms with Crippen molar-refractivity contribution in [2.24, 2.45) is 0 Å². The normalized spacial score (nSPS) is 12.4. The van der Waals surface area contributed by atoms with Crippen molar-refractivity contribution in [3.05, 3.63) is 35.9 Å². The van der Waals surface area contributed by atoms with E-state index in [-0.39, 0.29) is 6.04 Å². The molecule has 0 saturated carbocycles. The number of rotatable bonds is 7. The zero-order valence-corrected chi connectivity index (χ0v) is 10.1. The van der Waals surface area contributed by atoms with Crippen molar-refractivity contribution in [3.63, 3.8) is 0 Å². The summed E-state index contributed by atoms with van der Waals surface area (Å²) < 4.78 is 6.33. The summed E-state index contributed by atoms with van der Waals surface area (Å²) in [5, 5.41) is 0. The molecule has 1 unspecified atom stereocenters. The Morgan fingerprint density at radius 1 is 1.44 bits per heavy atom. The Morgan fingerprint density at radius 2 is 2.12 bits per heavy atom. The maximum atomic E-state index is 9.94. The van der Waals surface area contributed by atoms with Crippen molar-refractivity contribution in [1.82, 2.24) is 4.42 Å². The van der Waals surface area contributed by atoms with Gasteiger partial charge in [-0.05, 0) is 30.7 Å². The largest absolute Gasteiger partial charge is 0.468 e. The number of halogens is 1. The number of benzene rings is 1. The van der Waals surface area contributed by atoms with E-state index in [0.29, 0.717) is 19.6 Å². The zero-order valence-electron chi connectivity index (χ0n) is 9.30. The molecule has 0 radical (unpaired) electrons. The first-order chi connectivity index (χ1) is 7.75. The van der Waals surface area contributed by atoms with Crippen LogP contribution in [0.2, 0.25) is 0 Å². The van der Waals surface area contributed by atoms with Crippen molar-refractivity contribution in [2.75, 3.05) is 13.2 Å². The Labute approximate surface area is 101 Å². The topological polar surface area (TPSA) is 29.5 Å². The average Bonchev–Trinajstić information content (AvgIpc) is 2.34. The van der Waals surface area contributed by atoms with E-state index in [2.05, 4.69) is 4.74 Å². The molecule has 0 heterocycles. The van der Waals surface area contributed by atoms with Crippen LogP contribution in [-0.2, 0) is 9.53 Å². The summed E-state index contributed by atoms with van der Waals surface area (Å²) in [6.07, 6.45) is 0.736. The van der Waals surface area contributed by atoms with Gasteiger partial charge in [0.15, 0.2) is 0 Å². The molecular formula is C12H16ClNO2. The molecule has 0 fully saturated rings. The Bertz CT molecular complexity index is 305. The van der Waals surface area contributed by atoms with Crippen molar-refractivity contribution in [3.8, 4) is 0 Å². The highest BCUT2D eigenvalue weighted by molar-refractivity contribution is 6.13. The van der Waals surface area contributed by atoms with Gasteiger partial charge in [0.05, 0.1) is 6.61 Å². The minimum atomic E-state index is 0.152. The predicted octanol–water partition coefficient (Wildman–Crippen LogP) is 2.77. The fourth-order valence-electron chi connectivity index (χ4n) is 1.43. The monoisotopic (exact) mass is 241 g/mol. The molecule has 3 nitrogen and oxygen atoms in total. The Kier molecular flexibility index (Phi) is 5.90. The first kappa shape index (κ1) is 13.0. The number of nitrogens with zero attached hydrogens (tertiary/aromatic N) is 1. The van der Waals surface area contributed by atoms with Gasteiger partial charge in [0.1, 0.15) is 0 Å². The Morgan fingerprint density at radius 3 is 2.75 bits per heavy atom. The number of hydrogen-bond acceptors (Lipinski definition) is 3. The highest BCUT2D eigenvalue weighted by atomic mass is 35.5. The van der Waals surface area contributed by atoms with E-state index in [1.807, 2.05) is 37.3 Å². The molecule has 0 bridgehead atoms. The molecule has 0 aromatic heterocycles. The summed E-state index contributed by atoms with van der Waals surface area (Å²) in [6, 6.07) is 10.2. The summed E-state index contributed by atoms with van der Waals surface area (Å²) in [5.41, 5.74) is 1.17. The molecule has 0 aliphatic heterocycles. The first-order valence-corrected chi connectivity index (χ1v) is 5.62. The van der Waals surface area contributed by atoms with E-state index in [9.17, 15) is 4.79 Å². The summed E-state index contributed by atoms with van der Waals surface area (Å²) >= 11 is 6.13. The van der Waals surface area contributed by atoms with Gasteiger partial charge in [-0.15, -0.1) is 0 Å². The Hall–Kier alpha value is -1.06. The number of hydrogen-bond donors (Lipinski definition) is 0. The third-order valence-electron chi connectivity index (χ3n) is 2.40. The van der Waals surface area contributed by atoms with Crippen LogP contribution in [-0.4, -0.2) is 24.0 Å². The van der Waals surface area contributed by atoms with Crippen molar-refractivity contribution < 1.29 is 9.53 Å². The second-order valence-corrected chi connectivity index (χ2v) is 3.96. The molecule has 1 rings (SSSR count). The third kappa shape index (κ3) is 4.21. The first-order valence-electron chi connectivity index (χ1n) is 5.28. The van der Waals surface area contributed by atoms with Crippen molar-refractivity contribution >= 4 is 18.2 Å². The summed E-state index contributed by atoms with van der Waals surface area (Å²) in [7, 11) is 0. The fraction of sp³-hybridized carbons (Fsp3) is 0.417. The Balaban J connectivity index is 2.36. The van der Waals surface area contributed by atoms with Gasteiger partial charge in [0.25, 0.3) is 6.47 Å². The average molecular weight is 242 g/mol. The standard InChI is InChI=1S/C12H16ClNO2/c1-11(12-6-3-2-4-7-12)14(13)8-5-9-16-10-15/h2-4,6-7,10-11H,5,8-9H2,1H3. The number of carbonyl (C=O) groups excluding carboxylic acids is 1. The number of ether oxygens (including phenoxy) is 1. The van der Waals surface area contributed by atoms with Crippen LogP contribution in [0, 0.1) is 0 Å². The van der Waals surface area contributed by atoms with E-state index >= 15 is 0 Å². The van der Waals surface area contributed by atoms with Crippen molar-refractivity contribution in [2.45, 2.75) is 19.4 Å². The highest BCUT2D eigenvalue weighted by Gasteiger charge is 2.12. The van der Waals surface area contributed by atoms with E-state index in [1.165, 1.54) is 5.56 Å². The molecule has 1 aromatic carbocycles. The molecule has 16 heavy (non-hydrogen) atoms. The summed E-state index contributed by atoms with van der Waals surface area (Å²) in [6.45, 7) is 3.60. The second-order valence-electron chi connectivity index (χ2n) is 3.53. The molecule has 0 N–H and O–H groups in total. The van der Waals surface area contributed by atoms with Crippen LogP contribution < -0.4 is 0 Å². The molecule has 1 atom stereocenters. The van der Waals surface area contributed by atoms with Gasteiger partial charge in [0, 0.05) is 12.6 Å². The lowest BCUT2D eigenvalue weighted by Gasteiger charge is -2.21.